The van der Waals surface area contributed by atoms with Crippen molar-refractivity contribution in [1.29, 1.82) is 0 Å². The molecule has 0 saturated heterocycles. The van der Waals surface area contributed by atoms with Gasteiger partial charge in [0.05, 0.1) is 31.3 Å². The van der Waals surface area contributed by atoms with E-state index in [1.165, 1.54) is 18.7 Å². The van der Waals surface area contributed by atoms with Crippen molar-refractivity contribution in [3.63, 3.8) is 0 Å². The minimum absolute atomic E-state index is 0.133. The Hall–Kier alpha value is -3.53. The lowest BCUT2D eigenvalue weighted by molar-refractivity contribution is -0.114. The fraction of sp³-hybridized carbons (Fsp3) is 0.304. The van der Waals surface area contributed by atoms with Gasteiger partial charge in [-0.05, 0) is 43.2 Å². The van der Waals surface area contributed by atoms with Crippen molar-refractivity contribution in [2.75, 3.05) is 30.6 Å². The zero-order valence-electron chi connectivity index (χ0n) is 18.6. The van der Waals surface area contributed by atoms with Gasteiger partial charge in [0.15, 0.2) is 5.16 Å². The lowest BCUT2D eigenvalue weighted by atomic mass is 10.2. The lowest BCUT2D eigenvalue weighted by Crippen LogP contribution is -2.15. The van der Waals surface area contributed by atoms with E-state index >= 15 is 0 Å². The van der Waals surface area contributed by atoms with Crippen molar-refractivity contribution in [1.82, 2.24) is 14.8 Å². The van der Waals surface area contributed by atoms with E-state index in [-0.39, 0.29) is 17.6 Å². The molecule has 9 nitrogen and oxygen atoms in total. The van der Waals surface area contributed by atoms with Crippen LogP contribution in [-0.4, -0.2) is 46.6 Å². The molecule has 0 aliphatic heterocycles. The molecule has 4 rings (SSSR count). The molecule has 33 heavy (non-hydrogen) atoms. The van der Waals surface area contributed by atoms with Gasteiger partial charge in [0.2, 0.25) is 11.8 Å². The smallest absolute Gasteiger partial charge is 0.234 e. The van der Waals surface area contributed by atoms with Crippen molar-refractivity contribution < 1.29 is 19.1 Å². The Kier molecular flexibility index (Phi) is 6.83. The third-order valence-corrected chi connectivity index (χ3v) is 5.97. The Balaban J connectivity index is 1.53. The van der Waals surface area contributed by atoms with Crippen molar-refractivity contribution >= 4 is 35.0 Å². The third-order valence-electron chi connectivity index (χ3n) is 5.04. The molecule has 0 spiro atoms. The number of aromatic nitrogens is 3. The second-order valence-electron chi connectivity index (χ2n) is 7.59. The number of rotatable bonds is 9. The molecule has 172 valence electrons. The highest BCUT2D eigenvalue weighted by molar-refractivity contribution is 7.99. The zero-order chi connectivity index (χ0) is 23.4. The molecule has 10 heteroatoms. The Bertz CT molecular complexity index is 1180. The van der Waals surface area contributed by atoms with Gasteiger partial charge in [-0.25, -0.2) is 0 Å². The van der Waals surface area contributed by atoms with Crippen LogP contribution in [0.2, 0.25) is 0 Å². The number of carbonyl (C=O) groups excluding carboxylic acids is 2. The number of anilines is 2. The molecule has 3 aromatic rings. The predicted molar refractivity (Wildman–Crippen MR) is 127 cm³/mol. The first-order valence-corrected chi connectivity index (χ1v) is 11.4. The number of amides is 2. The summed E-state index contributed by atoms with van der Waals surface area (Å²) in [4.78, 5) is 24.2. The van der Waals surface area contributed by atoms with Gasteiger partial charge >= 0.3 is 0 Å². The topological polar surface area (TPSA) is 107 Å². The van der Waals surface area contributed by atoms with Gasteiger partial charge in [0.1, 0.15) is 17.3 Å². The van der Waals surface area contributed by atoms with E-state index in [0.29, 0.717) is 33.9 Å². The molecule has 2 aromatic carbocycles. The zero-order valence-corrected chi connectivity index (χ0v) is 19.4. The van der Waals surface area contributed by atoms with Gasteiger partial charge in [0, 0.05) is 24.6 Å². The second-order valence-corrected chi connectivity index (χ2v) is 8.53. The molecule has 1 aliphatic carbocycles. The number of methoxy groups -OCH3 is 2. The van der Waals surface area contributed by atoms with Gasteiger partial charge in [-0.2, -0.15) is 0 Å². The number of hydrogen-bond donors (Lipinski definition) is 2. The molecule has 1 aromatic heterocycles. The van der Waals surface area contributed by atoms with E-state index in [2.05, 4.69) is 20.8 Å². The summed E-state index contributed by atoms with van der Waals surface area (Å²) in [6.07, 6.45) is 2.12. The van der Waals surface area contributed by atoms with Crippen LogP contribution in [0.25, 0.3) is 5.69 Å². The van der Waals surface area contributed by atoms with Gasteiger partial charge in [-0.15, -0.1) is 10.2 Å². The Morgan fingerprint density at radius 3 is 2.61 bits per heavy atom. The quantitative estimate of drug-likeness (QED) is 0.460. The van der Waals surface area contributed by atoms with Crippen LogP contribution in [0.5, 0.6) is 11.5 Å². The van der Waals surface area contributed by atoms with Crippen LogP contribution < -0.4 is 20.1 Å². The van der Waals surface area contributed by atoms with Crippen LogP contribution >= 0.6 is 11.8 Å². The molecule has 1 saturated carbocycles. The number of nitrogens with one attached hydrogen (secondary N) is 2. The van der Waals surface area contributed by atoms with E-state index in [1.807, 2.05) is 28.8 Å². The Morgan fingerprint density at radius 2 is 1.91 bits per heavy atom. The number of benzene rings is 2. The van der Waals surface area contributed by atoms with Crippen molar-refractivity contribution in [3.8, 4) is 17.2 Å². The second kappa shape index (κ2) is 9.95. The van der Waals surface area contributed by atoms with Crippen LogP contribution in [0.3, 0.4) is 0 Å². The standard InChI is InChI=1S/C23H25N5O4S/c1-14(29)24-16-5-4-6-17(11-16)28-22(15-7-8-15)26-27-23(28)33-13-21(30)25-19-12-18(31-2)9-10-20(19)32-3/h4-6,9-12,15H,7-8,13H2,1-3H3,(H,24,29)(H,25,30). The fourth-order valence-electron chi connectivity index (χ4n) is 3.38. The van der Waals surface area contributed by atoms with Gasteiger partial charge in [-0.3, -0.25) is 14.2 Å². The van der Waals surface area contributed by atoms with Crippen molar-refractivity contribution in [2.24, 2.45) is 0 Å². The predicted octanol–water partition coefficient (Wildman–Crippen LogP) is 3.85. The summed E-state index contributed by atoms with van der Waals surface area (Å²) >= 11 is 1.30. The molecule has 0 bridgehead atoms. The summed E-state index contributed by atoms with van der Waals surface area (Å²) < 4.78 is 12.5. The minimum atomic E-state index is -0.207. The van der Waals surface area contributed by atoms with Crippen molar-refractivity contribution in [2.45, 2.75) is 30.8 Å². The van der Waals surface area contributed by atoms with Crippen LogP contribution in [0.15, 0.2) is 47.6 Å². The molecule has 2 N–H and O–H groups in total. The Labute approximate surface area is 195 Å². The maximum absolute atomic E-state index is 12.7. The molecule has 1 heterocycles. The molecule has 0 atom stereocenters. The normalized spacial score (nSPS) is 12.8. The maximum Gasteiger partial charge on any atom is 0.234 e. The highest BCUT2D eigenvalue weighted by Crippen LogP contribution is 2.41. The van der Waals surface area contributed by atoms with E-state index in [9.17, 15) is 9.59 Å². The molecule has 1 aliphatic rings. The largest absolute Gasteiger partial charge is 0.497 e. The van der Waals surface area contributed by atoms with Gasteiger partial charge in [0.25, 0.3) is 0 Å². The number of carbonyl (C=O) groups is 2. The fourth-order valence-corrected chi connectivity index (χ4v) is 4.14. The summed E-state index contributed by atoms with van der Waals surface area (Å²) in [7, 11) is 3.11. The summed E-state index contributed by atoms with van der Waals surface area (Å²) in [6.45, 7) is 1.47. The van der Waals surface area contributed by atoms with Crippen molar-refractivity contribution in [3.05, 3.63) is 48.3 Å². The summed E-state index contributed by atoms with van der Waals surface area (Å²) in [6, 6.07) is 12.7. The SMILES string of the molecule is COc1ccc(OC)c(NC(=O)CSc2nnc(C3CC3)n2-c2cccc(NC(C)=O)c2)c1. The van der Waals surface area contributed by atoms with E-state index in [0.717, 1.165) is 24.4 Å². The molecule has 2 amide bonds. The van der Waals surface area contributed by atoms with Crippen LogP contribution in [0, 0.1) is 0 Å². The van der Waals surface area contributed by atoms with E-state index in [1.54, 1.807) is 32.4 Å². The van der Waals surface area contributed by atoms with Crippen LogP contribution in [0.1, 0.15) is 31.5 Å². The molecule has 0 radical (unpaired) electrons. The molecule has 1 fully saturated rings. The first kappa shape index (κ1) is 22.7. The number of thioether (sulfide) groups is 1. The molecular formula is C23H25N5O4S. The average Bonchev–Trinajstić information content (AvgIpc) is 3.56. The first-order chi connectivity index (χ1) is 16.0. The number of nitrogens with zero attached hydrogens (tertiary/aromatic N) is 3. The van der Waals surface area contributed by atoms with E-state index < -0.39 is 0 Å². The van der Waals surface area contributed by atoms with Gasteiger partial charge < -0.3 is 20.1 Å². The van der Waals surface area contributed by atoms with Gasteiger partial charge in [-0.1, -0.05) is 17.8 Å². The molecule has 0 unspecified atom stereocenters. The summed E-state index contributed by atoms with van der Waals surface area (Å²) in [5, 5.41) is 15.0. The highest BCUT2D eigenvalue weighted by atomic mass is 32.2. The molecular weight excluding hydrogens is 442 g/mol. The first-order valence-electron chi connectivity index (χ1n) is 10.5. The summed E-state index contributed by atoms with van der Waals surface area (Å²) in [5.74, 6) is 2.17. The maximum atomic E-state index is 12.7. The lowest BCUT2D eigenvalue weighted by Gasteiger charge is -2.13. The highest BCUT2D eigenvalue weighted by Gasteiger charge is 2.31. The monoisotopic (exact) mass is 467 g/mol. The third kappa shape index (κ3) is 5.46. The number of hydrogen-bond acceptors (Lipinski definition) is 7. The average molecular weight is 468 g/mol. The van der Waals surface area contributed by atoms with E-state index in [4.69, 9.17) is 9.47 Å². The van der Waals surface area contributed by atoms with Crippen LogP contribution in [0.4, 0.5) is 11.4 Å². The Morgan fingerprint density at radius 1 is 1.09 bits per heavy atom. The van der Waals surface area contributed by atoms with Crippen LogP contribution in [-0.2, 0) is 9.59 Å². The summed E-state index contributed by atoms with van der Waals surface area (Å²) in [5.41, 5.74) is 2.06. The number of ether oxygens (including phenoxy) is 2. The minimum Gasteiger partial charge on any atom is -0.497 e.